The van der Waals surface area contributed by atoms with E-state index >= 15 is 0 Å². The molecule has 0 aromatic rings. The van der Waals surface area contributed by atoms with Crippen LogP contribution in [0.1, 0.15) is 111 Å². The largest absolute Gasteiger partial charge is 0.0654 e. The molecule has 0 spiro atoms. The Morgan fingerprint density at radius 2 is 1.10 bits per heavy atom. The van der Waals surface area contributed by atoms with E-state index in [1.165, 1.54) is 83.5 Å². The second kappa shape index (κ2) is 6.41. The summed E-state index contributed by atoms with van der Waals surface area (Å²) in [6.07, 6.45) is 19.1. The van der Waals surface area contributed by atoms with E-state index in [0.717, 1.165) is 0 Å². The Morgan fingerprint density at radius 3 is 1.40 bits per heavy atom. The average molecular weight is 279 g/mol. The van der Waals surface area contributed by atoms with Crippen molar-refractivity contribution < 1.29 is 0 Å². The number of rotatable bonds is 5. The van der Waals surface area contributed by atoms with Crippen LogP contribution in [0.2, 0.25) is 0 Å². The maximum Gasteiger partial charge on any atom is -0.0192 e. The Bertz CT molecular complexity index is 265. The van der Waals surface area contributed by atoms with Crippen LogP contribution in [0, 0.1) is 16.2 Å². The number of hydrogen-bond acceptors (Lipinski definition) is 0. The predicted octanol–water partition coefficient (Wildman–Crippen LogP) is 7.12. The van der Waals surface area contributed by atoms with Crippen molar-refractivity contribution in [2.24, 2.45) is 16.2 Å². The third-order valence-electron chi connectivity index (χ3n) is 7.51. The fourth-order valence-electron chi connectivity index (χ4n) is 6.41. The van der Waals surface area contributed by atoms with E-state index in [1.54, 1.807) is 0 Å². The van der Waals surface area contributed by atoms with Crippen molar-refractivity contribution in [1.82, 2.24) is 0 Å². The molecule has 2 rings (SSSR count). The molecule has 0 nitrogen and oxygen atoms in total. The summed E-state index contributed by atoms with van der Waals surface area (Å²) in [5.41, 5.74) is 1.83. The lowest BCUT2D eigenvalue weighted by Gasteiger charge is -2.61. The summed E-state index contributed by atoms with van der Waals surface area (Å²) in [5.74, 6) is 0. The van der Waals surface area contributed by atoms with Gasteiger partial charge in [-0.2, -0.15) is 0 Å². The summed E-state index contributed by atoms with van der Waals surface area (Å²) >= 11 is 0. The molecule has 0 aromatic carbocycles. The predicted molar refractivity (Wildman–Crippen MR) is 90.0 cm³/mol. The van der Waals surface area contributed by atoms with Gasteiger partial charge in [-0.3, -0.25) is 0 Å². The number of hydrogen-bond donors (Lipinski definition) is 0. The van der Waals surface area contributed by atoms with E-state index in [0.29, 0.717) is 16.2 Å². The van der Waals surface area contributed by atoms with Crippen LogP contribution >= 0.6 is 0 Å². The molecule has 118 valence electrons. The summed E-state index contributed by atoms with van der Waals surface area (Å²) in [6, 6.07) is 0. The van der Waals surface area contributed by atoms with Crippen LogP contribution in [0.15, 0.2) is 0 Å². The van der Waals surface area contributed by atoms with Crippen LogP contribution in [-0.4, -0.2) is 0 Å². The van der Waals surface area contributed by atoms with E-state index in [1.807, 2.05) is 0 Å². The molecule has 0 aromatic heterocycles. The van der Waals surface area contributed by atoms with E-state index in [-0.39, 0.29) is 0 Å². The molecule has 2 aliphatic carbocycles. The van der Waals surface area contributed by atoms with Gasteiger partial charge in [0.1, 0.15) is 0 Å². The van der Waals surface area contributed by atoms with Crippen molar-refractivity contribution in [3.8, 4) is 0 Å². The summed E-state index contributed by atoms with van der Waals surface area (Å²) in [7, 11) is 0. The van der Waals surface area contributed by atoms with Crippen LogP contribution in [0.4, 0.5) is 0 Å². The minimum absolute atomic E-state index is 0.607. The molecule has 0 heteroatoms. The molecule has 0 amide bonds. The van der Waals surface area contributed by atoms with Gasteiger partial charge >= 0.3 is 0 Å². The molecule has 0 heterocycles. The van der Waals surface area contributed by atoms with Crippen molar-refractivity contribution in [2.75, 3.05) is 0 Å². The van der Waals surface area contributed by atoms with Gasteiger partial charge in [0.2, 0.25) is 0 Å². The molecule has 0 radical (unpaired) electrons. The maximum atomic E-state index is 2.67. The minimum atomic E-state index is 0.607. The molecule has 2 aliphatic rings. The van der Waals surface area contributed by atoms with Gasteiger partial charge in [-0.25, -0.2) is 0 Å². The second-order valence-corrected chi connectivity index (χ2v) is 8.43. The first-order chi connectivity index (χ1) is 9.54. The zero-order valence-electron chi connectivity index (χ0n) is 14.7. The highest BCUT2D eigenvalue weighted by Crippen LogP contribution is 2.65. The molecule has 0 aliphatic heterocycles. The van der Waals surface area contributed by atoms with Crippen LogP contribution < -0.4 is 0 Å². The van der Waals surface area contributed by atoms with Crippen molar-refractivity contribution >= 4 is 0 Å². The van der Waals surface area contributed by atoms with Gasteiger partial charge in [-0.15, -0.1) is 0 Å². The van der Waals surface area contributed by atoms with E-state index < -0.39 is 0 Å². The second-order valence-electron chi connectivity index (χ2n) is 8.43. The normalized spacial score (nSPS) is 26.4. The Hall–Kier alpha value is 0. The molecule has 0 N–H and O–H groups in total. The van der Waals surface area contributed by atoms with Crippen LogP contribution in [0.25, 0.3) is 0 Å². The van der Waals surface area contributed by atoms with Crippen LogP contribution in [0.5, 0.6) is 0 Å². The minimum Gasteiger partial charge on any atom is -0.0654 e. The first-order valence-corrected chi connectivity index (χ1v) is 9.54. The maximum absolute atomic E-state index is 2.67. The molecular weight excluding hydrogens is 240 g/mol. The smallest absolute Gasteiger partial charge is 0.0192 e. The highest BCUT2D eigenvalue weighted by Gasteiger charge is 2.56. The standard InChI is InChI=1S/C20H38/c1-5-13-20(6-2,18(3)14-9-7-10-15-18)19(4)16-11-8-12-17-19/h5-17H2,1-4H3. The summed E-state index contributed by atoms with van der Waals surface area (Å²) in [6.45, 7) is 10.3. The summed E-state index contributed by atoms with van der Waals surface area (Å²) in [5, 5.41) is 0. The van der Waals surface area contributed by atoms with Gasteiger partial charge in [0.25, 0.3) is 0 Å². The van der Waals surface area contributed by atoms with E-state index in [9.17, 15) is 0 Å². The lowest BCUT2D eigenvalue weighted by atomic mass is 9.43. The molecule has 0 unspecified atom stereocenters. The Labute approximate surface area is 128 Å². The monoisotopic (exact) mass is 278 g/mol. The molecule has 0 atom stereocenters. The fraction of sp³-hybridized carbons (Fsp3) is 1.00. The molecule has 0 saturated heterocycles. The van der Waals surface area contributed by atoms with Crippen molar-refractivity contribution in [3.63, 3.8) is 0 Å². The van der Waals surface area contributed by atoms with E-state index in [4.69, 9.17) is 0 Å². The third-order valence-corrected chi connectivity index (χ3v) is 7.51. The third kappa shape index (κ3) is 2.57. The first-order valence-electron chi connectivity index (χ1n) is 9.54. The lowest BCUT2D eigenvalue weighted by molar-refractivity contribution is -0.119. The SMILES string of the molecule is CCCC(CC)(C1(C)CCCCC1)C1(C)CCCCC1. The molecule has 2 saturated carbocycles. The summed E-state index contributed by atoms with van der Waals surface area (Å²) < 4.78 is 0. The van der Waals surface area contributed by atoms with Crippen molar-refractivity contribution in [3.05, 3.63) is 0 Å². The van der Waals surface area contributed by atoms with Gasteiger partial charge in [0, 0.05) is 0 Å². The van der Waals surface area contributed by atoms with E-state index in [2.05, 4.69) is 27.7 Å². The zero-order chi connectivity index (χ0) is 14.7. The Balaban J connectivity index is 2.37. The molecular formula is C20H38. The van der Waals surface area contributed by atoms with Crippen LogP contribution in [0.3, 0.4) is 0 Å². The zero-order valence-corrected chi connectivity index (χ0v) is 14.7. The van der Waals surface area contributed by atoms with Crippen molar-refractivity contribution in [1.29, 1.82) is 0 Å². The van der Waals surface area contributed by atoms with Gasteiger partial charge in [0.05, 0.1) is 0 Å². The molecule has 2 fully saturated rings. The van der Waals surface area contributed by atoms with Gasteiger partial charge in [0.15, 0.2) is 0 Å². The fourth-order valence-corrected chi connectivity index (χ4v) is 6.41. The first kappa shape index (κ1) is 16.4. The topological polar surface area (TPSA) is 0 Å². The average Bonchev–Trinajstić information content (AvgIpc) is 2.46. The Morgan fingerprint density at radius 1 is 0.700 bits per heavy atom. The molecule has 0 bridgehead atoms. The van der Waals surface area contributed by atoms with Crippen LogP contribution in [-0.2, 0) is 0 Å². The highest BCUT2D eigenvalue weighted by atomic mass is 14.6. The van der Waals surface area contributed by atoms with Gasteiger partial charge in [-0.05, 0) is 54.8 Å². The van der Waals surface area contributed by atoms with Crippen molar-refractivity contribution in [2.45, 2.75) is 111 Å². The quantitative estimate of drug-likeness (QED) is 0.502. The van der Waals surface area contributed by atoms with Gasteiger partial charge in [-0.1, -0.05) is 72.6 Å². The Kier molecular flexibility index (Phi) is 5.24. The lowest BCUT2D eigenvalue weighted by Crippen LogP contribution is -2.52. The summed E-state index contributed by atoms with van der Waals surface area (Å²) in [4.78, 5) is 0. The molecule has 20 heavy (non-hydrogen) atoms. The van der Waals surface area contributed by atoms with Gasteiger partial charge < -0.3 is 0 Å². The highest BCUT2D eigenvalue weighted by molar-refractivity contribution is 5.05.